The molecular weight excluding hydrogens is 266 g/mol. The molecule has 1 aromatic carbocycles. The van der Waals surface area contributed by atoms with Gasteiger partial charge in [0.15, 0.2) is 0 Å². The standard InChI is InChI=1S/C14H16ClNO3/c15-10-6-8-11(9-7-10)16-13(17)14(18)19-12-4-2-1-3-5-12/h6-9,12H,1-5H2,(H,16,17). The molecule has 0 aromatic heterocycles. The fraction of sp³-hybridized carbons (Fsp3) is 0.429. The van der Waals surface area contributed by atoms with Gasteiger partial charge < -0.3 is 10.1 Å². The van der Waals surface area contributed by atoms with Gasteiger partial charge in [-0.05, 0) is 49.9 Å². The van der Waals surface area contributed by atoms with E-state index >= 15 is 0 Å². The Kier molecular flexibility index (Phi) is 4.80. The van der Waals surface area contributed by atoms with Gasteiger partial charge in [0, 0.05) is 10.7 Å². The van der Waals surface area contributed by atoms with E-state index in [-0.39, 0.29) is 6.10 Å². The number of carbonyl (C=O) groups excluding carboxylic acids is 2. The summed E-state index contributed by atoms with van der Waals surface area (Å²) in [6, 6.07) is 6.55. The van der Waals surface area contributed by atoms with Gasteiger partial charge in [0.1, 0.15) is 6.10 Å². The molecule has 1 aliphatic rings. The summed E-state index contributed by atoms with van der Waals surface area (Å²) >= 11 is 5.74. The lowest BCUT2D eigenvalue weighted by atomic mass is 9.98. The van der Waals surface area contributed by atoms with Gasteiger partial charge in [0.05, 0.1) is 0 Å². The Morgan fingerprint density at radius 1 is 1.11 bits per heavy atom. The number of anilines is 1. The molecule has 0 bridgehead atoms. The number of hydrogen-bond donors (Lipinski definition) is 1. The van der Waals surface area contributed by atoms with E-state index in [9.17, 15) is 9.59 Å². The van der Waals surface area contributed by atoms with Gasteiger partial charge >= 0.3 is 11.9 Å². The number of amides is 1. The Bertz CT molecular complexity index is 452. The maximum atomic E-state index is 11.7. The van der Waals surface area contributed by atoms with Gasteiger partial charge in [-0.25, -0.2) is 4.79 Å². The summed E-state index contributed by atoms with van der Waals surface area (Å²) in [6.07, 6.45) is 4.86. The minimum Gasteiger partial charge on any atom is -0.455 e. The number of nitrogens with one attached hydrogen (secondary N) is 1. The van der Waals surface area contributed by atoms with Crippen molar-refractivity contribution in [3.8, 4) is 0 Å². The zero-order chi connectivity index (χ0) is 13.7. The summed E-state index contributed by atoms with van der Waals surface area (Å²) in [6.45, 7) is 0. The molecule has 0 spiro atoms. The monoisotopic (exact) mass is 281 g/mol. The zero-order valence-electron chi connectivity index (χ0n) is 10.5. The molecule has 1 aliphatic carbocycles. The second-order valence-electron chi connectivity index (χ2n) is 4.63. The van der Waals surface area contributed by atoms with Crippen molar-refractivity contribution in [2.24, 2.45) is 0 Å². The van der Waals surface area contributed by atoms with Crippen LogP contribution in [0.2, 0.25) is 5.02 Å². The molecule has 1 saturated carbocycles. The minimum absolute atomic E-state index is 0.114. The van der Waals surface area contributed by atoms with Crippen LogP contribution in [0, 0.1) is 0 Å². The molecule has 4 nitrogen and oxygen atoms in total. The number of ether oxygens (including phenoxy) is 1. The second-order valence-corrected chi connectivity index (χ2v) is 5.06. The fourth-order valence-corrected chi connectivity index (χ4v) is 2.23. The van der Waals surface area contributed by atoms with Crippen LogP contribution in [0.1, 0.15) is 32.1 Å². The Labute approximate surface area is 117 Å². The molecule has 1 aromatic rings. The highest BCUT2D eigenvalue weighted by molar-refractivity contribution is 6.37. The van der Waals surface area contributed by atoms with E-state index in [0.29, 0.717) is 10.7 Å². The van der Waals surface area contributed by atoms with Crippen LogP contribution < -0.4 is 5.32 Å². The molecule has 1 N–H and O–H groups in total. The average Bonchev–Trinajstić information content (AvgIpc) is 2.42. The first kappa shape index (κ1) is 13.9. The summed E-state index contributed by atoms with van der Waals surface area (Å²) in [5.41, 5.74) is 0.523. The van der Waals surface area contributed by atoms with Crippen LogP contribution in [-0.4, -0.2) is 18.0 Å². The number of rotatable bonds is 2. The van der Waals surface area contributed by atoms with Crippen LogP contribution in [-0.2, 0) is 14.3 Å². The fourth-order valence-electron chi connectivity index (χ4n) is 2.10. The van der Waals surface area contributed by atoms with Crippen molar-refractivity contribution in [2.75, 3.05) is 5.32 Å². The summed E-state index contributed by atoms with van der Waals surface area (Å²) in [7, 11) is 0. The highest BCUT2D eigenvalue weighted by atomic mass is 35.5. The molecule has 0 radical (unpaired) electrons. The van der Waals surface area contributed by atoms with Gasteiger partial charge in [-0.2, -0.15) is 0 Å². The van der Waals surface area contributed by atoms with Crippen LogP contribution >= 0.6 is 11.6 Å². The summed E-state index contributed by atoms with van der Waals surface area (Å²) < 4.78 is 5.17. The molecule has 102 valence electrons. The van der Waals surface area contributed by atoms with Crippen molar-refractivity contribution in [3.63, 3.8) is 0 Å². The summed E-state index contributed by atoms with van der Waals surface area (Å²) in [5, 5.41) is 3.06. The molecule has 2 rings (SSSR count). The van der Waals surface area contributed by atoms with E-state index < -0.39 is 11.9 Å². The number of esters is 1. The summed E-state index contributed by atoms with van der Waals surface area (Å²) in [4.78, 5) is 23.3. The van der Waals surface area contributed by atoms with E-state index in [1.54, 1.807) is 24.3 Å². The predicted molar refractivity (Wildman–Crippen MR) is 73.0 cm³/mol. The Morgan fingerprint density at radius 3 is 2.37 bits per heavy atom. The molecule has 1 amide bonds. The van der Waals surface area contributed by atoms with Crippen LogP contribution in [0.5, 0.6) is 0 Å². The number of hydrogen-bond acceptors (Lipinski definition) is 3. The molecular formula is C14H16ClNO3. The first-order valence-electron chi connectivity index (χ1n) is 6.42. The maximum Gasteiger partial charge on any atom is 0.397 e. The molecule has 5 heteroatoms. The SMILES string of the molecule is O=C(Nc1ccc(Cl)cc1)C(=O)OC1CCCCC1. The van der Waals surface area contributed by atoms with Crippen molar-refractivity contribution in [3.05, 3.63) is 29.3 Å². The number of benzene rings is 1. The van der Waals surface area contributed by atoms with Crippen molar-refractivity contribution < 1.29 is 14.3 Å². The molecule has 0 aliphatic heterocycles. The quantitative estimate of drug-likeness (QED) is 0.669. The molecule has 1 fully saturated rings. The second kappa shape index (κ2) is 6.57. The predicted octanol–water partition coefficient (Wildman–Crippen LogP) is 3.15. The molecule has 0 heterocycles. The highest BCUT2D eigenvalue weighted by Crippen LogP contribution is 2.20. The van der Waals surface area contributed by atoms with Crippen molar-refractivity contribution in [1.29, 1.82) is 0 Å². The lowest BCUT2D eigenvalue weighted by Crippen LogP contribution is -2.30. The largest absolute Gasteiger partial charge is 0.455 e. The van der Waals surface area contributed by atoms with Gasteiger partial charge in [-0.1, -0.05) is 18.0 Å². The summed E-state index contributed by atoms with van der Waals surface area (Å²) in [5.74, 6) is -1.56. The minimum atomic E-state index is -0.818. The topological polar surface area (TPSA) is 55.4 Å². The third-order valence-corrected chi connectivity index (χ3v) is 3.37. The van der Waals surface area contributed by atoms with E-state index in [0.717, 1.165) is 25.7 Å². The van der Waals surface area contributed by atoms with Crippen LogP contribution in [0.15, 0.2) is 24.3 Å². The van der Waals surface area contributed by atoms with Crippen LogP contribution in [0.3, 0.4) is 0 Å². The van der Waals surface area contributed by atoms with E-state index in [1.807, 2.05) is 0 Å². The molecule has 0 atom stereocenters. The van der Waals surface area contributed by atoms with Crippen molar-refractivity contribution in [1.82, 2.24) is 0 Å². The highest BCUT2D eigenvalue weighted by Gasteiger charge is 2.22. The Hall–Kier alpha value is -1.55. The van der Waals surface area contributed by atoms with Gasteiger partial charge in [0.25, 0.3) is 0 Å². The molecule has 19 heavy (non-hydrogen) atoms. The van der Waals surface area contributed by atoms with Gasteiger partial charge in [-0.3, -0.25) is 4.79 Å². The van der Waals surface area contributed by atoms with Crippen molar-refractivity contribution in [2.45, 2.75) is 38.2 Å². The molecule has 0 unspecified atom stereocenters. The normalized spacial score (nSPS) is 15.8. The lowest BCUT2D eigenvalue weighted by molar-refractivity contribution is -0.157. The van der Waals surface area contributed by atoms with E-state index in [1.165, 1.54) is 6.42 Å². The first-order valence-corrected chi connectivity index (χ1v) is 6.80. The number of halogens is 1. The van der Waals surface area contributed by atoms with E-state index in [2.05, 4.69) is 5.32 Å². The van der Waals surface area contributed by atoms with Gasteiger partial charge in [0.2, 0.25) is 0 Å². The average molecular weight is 282 g/mol. The van der Waals surface area contributed by atoms with E-state index in [4.69, 9.17) is 16.3 Å². The smallest absolute Gasteiger partial charge is 0.397 e. The third kappa shape index (κ3) is 4.24. The molecule has 0 saturated heterocycles. The Balaban J connectivity index is 1.84. The first-order chi connectivity index (χ1) is 9.15. The Morgan fingerprint density at radius 2 is 1.74 bits per heavy atom. The van der Waals surface area contributed by atoms with Crippen LogP contribution in [0.4, 0.5) is 5.69 Å². The zero-order valence-corrected chi connectivity index (χ0v) is 11.3. The van der Waals surface area contributed by atoms with Gasteiger partial charge in [-0.15, -0.1) is 0 Å². The third-order valence-electron chi connectivity index (χ3n) is 3.11. The lowest BCUT2D eigenvalue weighted by Gasteiger charge is -2.21. The maximum absolute atomic E-state index is 11.7. The number of carbonyl (C=O) groups is 2. The van der Waals surface area contributed by atoms with Crippen LogP contribution in [0.25, 0.3) is 0 Å². The van der Waals surface area contributed by atoms with Crippen molar-refractivity contribution >= 4 is 29.2 Å².